The van der Waals surface area contributed by atoms with E-state index in [0.717, 1.165) is 22.3 Å². The number of amides is 1. The van der Waals surface area contributed by atoms with Gasteiger partial charge in [0.1, 0.15) is 0 Å². The SMILES string of the molecule is Cc1cccc(NS(=O)(=O)c2cc(C(=O)NC(c3ccccc3)c3ccccc3C)ccc2C)c1. The van der Waals surface area contributed by atoms with Gasteiger partial charge in [-0.15, -0.1) is 0 Å². The smallest absolute Gasteiger partial charge is 0.262 e. The maximum atomic E-state index is 13.4. The van der Waals surface area contributed by atoms with Crippen molar-refractivity contribution in [3.63, 3.8) is 0 Å². The average Bonchev–Trinajstić information content (AvgIpc) is 2.83. The first-order valence-corrected chi connectivity index (χ1v) is 12.8. The van der Waals surface area contributed by atoms with Crippen LogP contribution in [0.1, 0.15) is 44.2 Å². The molecular weight excluding hydrogens is 456 g/mol. The van der Waals surface area contributed by atoms with Gasteiger partial charge in [-0.1, -0.05) is 72.8 Å². The standard InChI is InChI=1S/C29H28N2O3S/c1-20-10-9-14-25(18-20)31-35(33,34)27-19-24(17-16-22(27)3)29(32)30-28(23-12-5-4-6-13-23)26-15-8-7-11-21(26)2/h4-19,28,31H,1-3H3,(H,30,32). The van der Waals surface area contributed by atoms with Crippen molar-refractivity contribution in [2.24, 2.45) is 0 Å². The first kappa shape index (κ1) is 24.2. The Morgan fingerprint density at radius 3 is 2.17 bits per heavy atom. The van der Waals surface area contributed by atoms with Crippen molar-refractivity contribution in [1.29, 1.82) is 0 Å². The molecule has 0 aliphatic carbocycles. The second-order valence-corrected chi connectivity index (χ2v) is 10.3. The van der Waals surface area contributed by atoms with Crippen molar-refractivity contribution < 1.29 is 13.2 Å². The highest BCUT2D eigenvalue weighted by molar-refractivity contribution is 7.92. The number of sulfonamides is 1. The van der Waals surface area contributed by atoms with Crippen LogP contribution in [0.2, 0.25) is 0 Å². The molecule has 4 aromatic rings. The molecule has 0 bridgehead atoms. The van der Waals surface area contributed by atoms with Gasteiger partial charge in [0.05, 0.1) is 10.9 Å². The maximum Gasteiger partial charge on any atom is 0.262 e. The van der Waals surface area contributed by atoms with Crippen LogP contribution < -0.4 is 10.0 Å². The Kier molecular flexibility index (Phi) is 7.03. The van der Waals surface area contributed by atoms with E-state index in [1.165, 1.54) is 6.07 Å². The van der Waals surface area contributed by atoms with E-state index in [1.54, 1.807) is 37.3 Å². The lowest BCUT2D eigenvalue weighted by molar-refractivity contribution is 0.0942. The molecule has 0 spiro atoms. The third-order valence-electron chi connectivity index (χ3n) is 5.92. The number of rotatable bonds is 7. The van der Waals surface area contributed by atoms with Crippen LogP contribution in [0.4, 0.5) is 5.69 Å². The molecule has 0 fully saturated rings. The van der Waals surface area contributed by atoms with E-state index in [9.17, 15) is 13.2 Å². The van der Waals surface area contributed by atoms with Gasteiger partial charge < -0.3 is 5.32 Å². The molecule has 0 aliphatic rings. The highest BCUT2D eigenvalue weighted by Gasteiger charge is 2.22. The highest BCUT2D eigenvalue weighted by atomic mass is 32.2. The number of benzene rings is 4. The maximum absolute atomic E-state index is 13.4. The Hall–Kier alpha value is -3.90. The Morgan fingerprint density at radius 2 is 1.46 bits per heavy atom. The Balaban J connectivity index is 1.66. The zero-order chi connectivity index (χ0) is 25.0. The van der Waals surface area contributed by atoms with Gasteiger partial charge in [0.15, 0.2) is 0 Å². The topological polar surface area (TPSA) is 75.3 Å². The Morgan fingerprint density at radius 1 is 0.743 bits per heavy atom. The number of carbonyl (C=O) groups excluding carboxylic acids is 1. The molecule has 0 radical (unpaired) electrons. The second-order valence-electron chi connectivity index (χ2n) is 8.63. The highest BCUT2D eigenvalue weighted by Crippen LogP contribution is 2.26. The summed E-state index contributed by atoms with van der Waals surface area (Å²) < 4.78 is 29.0. The zero-order valence-corrected chi connectivity index (χ0v) is 20.8. The Bertz CT molecular complexity index is 1460. The summed E-state index contributed by atoms with van der Waals surface area (Å²) in [5.74, 6) is -0.353. The van der Waals surface area contributed by atoms with Crippen LogP contribution in [0.5, 0.6) is 0 Å². The van der Waals surface area contributed by atoms with Crippen molar-refractivity contribution in [3.8, 4) is 0 Å². The Labute approximate surface area is 206 Å². The van der Waals surface area contributed by atoms with Gasteiger partial charge in [0, 0.05) is 11.3 Å². The molecule has 0 heterocycles. The number of aryl methyl sites for hydroxylation is 3. The first-order valence-electron chi connectivity index (χ1n) is 11.4. The fourth-order valence-corrected chi connectivity index (χ4v) is 5.38. The summed E-state index contributed by atoms with van der Waals surface area (Å²) in [6.45, 7) is 5.61. The summed E-state index contributed by atoms with van der Waals surface area (Å²) in [6, 6.07) is 29.1. The minimum absolute atomic E-state index is 0.0683. The number of hydrogen-bond donors (Lipinski definition) is 2. The molecular formula is C29H28N2O3S. The lowest BCUT2D eigenvalue weighted by Gasteiger charge is -2.22. The molecule has 6 heteroatoms. The van der Waals surface area contributed by atoms with Crippen molar-refractivity contribution >= 4 is 21.6 Å². The van der Waals surface area contributed by atoms with Gasteiger partial charge in [-0.25, -0.2) is 8.42 Å². The van der Waals surface area contributed by atoms with Gasteiger partial charge >= 0.3 is 0 Å². The third-order valence-corrected chi connectivity index (χ3v) is 7.44. The predicted molar refractivity (Wildman–Crippen MR) is 140 cm³/mol. The molecule has 178 valence electrons. The lowest BCUT2D eigenvalue weighted by Crippen LogP contribution is -2.30. The minimum Gasteiger partial charge on any atom is -0.341 e. The van der Waals surface area contributed by atoms with Crippen LogP contribution in [0.15, 0.2) is 102 Å². The summed E-state index contributed by atoms with van der Waals surface area (Å²) in [6.07, 6.45) is 0. The quantitative estimate of drug-likeness (QED) is 0.341. The van der Waals surface area contributed by atoms with Gasteiger partial charge in [-0.05, 0) is 72.9 Å². The summed E-state index contributed by atoms with van der Waals surface area (Å²) in [5, 5.41) is 3.11. The van der Waals surface area contributed by atoms with E-state index >= 15 is 0 Å². The van der Waals surface area contributed by atoms with E-state index < -0.39 is 10.0 Å². The third kappa shape index (κ3) is 5.61. The molecule has 35 heavy (non-hydrogen) atoms. The number of carbonyl (C=O) groups is 1. The molecule has 2 N–H and O–H groups in total. The molecule has 1 unspecified atom stereocenters. The van der Waals surface area contributed by atoms with Gasteiger partial charge in [0.25, 0.3) is 15.9 Å². The molecule has 1 amide bonds. The van der Waals surface area contributed by atoms with Crippen molar-refractivity contribution in [3.05, 3.63) is 130 Å². The van der Waals surface area contributed by atoms with Crippen LogP contribution in [-0.2, 0) is 10.0 Å². The first-order chi connectivity index (χ1) is 16.7. The molecule has 0 aromatic heterocycles. The van der Waals surface area contributed by atoms with Crippen LogP contribution in [-0.4, -0.2) is 14.3 Å². The molecule has 0 saturated carbocycles. The summed E-state index contributed by atoms with van der Waals surface area (Å²) in [7, 11) is -3.89. The van der Waals surface area contributed by atoms with Crippen LogP contribution in [0, 0.1) is 20.8 Å². The van der Waals surface area contributed by atoms with E-state index in [4.69, 9.17) is 0 Å². The molecule has 0 aliphatic heterocycles. The van der Waals surface area contributed by atoms with Crippen molar-refractivity contribution in [2.75, 3.05) is 4.72 Å². The summed E-state index contributed by atoms with van der Waals surface area (Å²) >= 11 is 0. The number of nitrogens with one attached hydrogen (secondary N) is 2. The number of hydrogen-bond acceptors (Lipinski definition) is 3. The van der Waals surface area contributed by atoms with E-state index in [0.29, 0.717) is 11.3 Å². The predicted octanol–water partition coefficient (Wildman–Crippen LogP) is 5.93. The second kappa shape index (κ2) is 10.2. The largest absolute Gasteiger partial charge is 0.341 e. The van der Waals surface area contributed by atoms with E-state index in [1.807, 2.05) is 74.5 Å². The zero-order valence-electron chi connectivity index (χ0n) is 19.9. The fourth-order valence-electron chi connectivity index (χ4n) is 4.06. The molecule has 0 saturated heterocycles. The number of anilines is 1. The van der Waals surface area contributed by atoms with E-state index in [-0.39, 0.29) is 22.4 Å². The molecule has 5 nitrogen and oxygen atoms in total. The van der Waals surface area contributed by atoms with Gasteiger partial charge in [-0.3, -0.25) is 9.52 Å². The van der Waals surface area contributed by atoms with Gasteiger partial charge in [0.2, 0.25) is 0 Å². The summed E-state index contributed by atoms with van der Waals surface area (Å²) in [4.78, 5) is 13.4. The molecule has 4 aromatic carbocycles. The van der Waals surface area contributed by atoms with Crippen molar-refractivity contribution in [2.45, 2.75) is 31.7 Å². The minimum atomic E-state index is -3.89. The van der Waals surface area contributed by atoms with Gasteiger partial charge in [-0.2, -0.15) is 0 Å². The fraction of sp³-hybridized carbons (Fsp3) is 0.138. The normalized spacial score (nSPS) is 12.1. The van der Waals surface area contributed by atoms with Crippen LogP contribution in [0.25, 0.3) is 0 Å². The van der Waals surface area contributed by atoms with Crippen LogP contribution in [0.3, 0.4) is 0 Å². The molecule has 1 atom stereocenters. The van der Waals surface area contributed by atoms with E-state index in [2.05, 4.69) is 10.0 Å². The average molecular weight is 485 g/mol. The molecule has 4 rings (SSSR count). The van der Waals surface area contributed by atoms with Crippen LogP contribution >= 0.6 is 0 Å². The summed E-state index contributed by atoms with van der Waals surface area (Å²) in [5.41, 5.74) is 5.22. The van der Waals surface area contributed by atoms with Crippen molar-refractivity contribution in [1.82, 2.24) is 5.32 Å². The lowest BCUT2D eigenvalue weighted by atomic mass is 9.94. The monoisotopic (exact) mass is 484 g/mol.